The maximum absolute atomic E-state index is 5.79. The summed E-state index contributed by atoms with van der Waals surface area (Å²) in [6.07, 6.45) is 4.09. The van der Waals surface area contributed by atoms with Gasteiger partial charge >= 0.3 is 0 Å². The maximum Gasteiger partial charge on any atom is 0.224 e. The van der Waals surface area contributed by atoms with E-state index in [1.165, 1.54) is 12.8 Å². The zero-order valence-corrected chi connectivity index (χ0v) is 11.2. The van der Waals surface area contributed by atoms with Crippen molar-refractivity contribution in [2.45, 2.75) is 46.6 Å². The molecule has 1 aromatic rings. The Morgan fingerprint density at radius 2 is 2.00 bits per heavy atom. The zero-order valence-electron chi connectivity index (χ0n) is 10.4. The lowest BCUT2D eigenvalue weighted by Crippen LogP contribution is -2.26. The number of aromatic nitrogens is 2. The van der Waals surface area contributed by atoms with Crippen LogP contribution in [-0.2, 0) is 0 Å². The van der Waals surface area contributed by atoms with Gasteiger partial charge in [0.2, 0.25) is 5.28 Å². The molecule has 3 nitrogen and oxygen atoms in total. The van der Waals surface area contributed by atoms with E-state index in [2.05, 4.69) is 36.1 Å². The third-order valence-corrected chi connectivity index (χ3v) is 3.24. The minimum absolute atomic E-state index is 0.296. The van der Waals surface area contributed by atoms with Crippen molar-refractivity contribution in [2.24, 2.45) is 5.92 Å². The Morgan fingerprint density at radius 3 is 2.56 bits per heavy atom. The van der Waals surface area contributed by atoms with E-state index in [4.69, 9.17) is 11.6 Å². The first-order chi connectivity index (χ1) is 7.58. The molecule has 0 radical (unpaired) electrons. The molecule has 16 heavy (non-hydrogen) atoms. The number of anilines is 1. The number of rotatable bonds is 5. The molecular formula is C12H20ClN3. The average Bonchev–Trinajstić information content (AvgIpc) is 2.25. The van der Waals surface area contributed by atoms with E-state index in [9.17, 15) is 0 Å². The highest BCUT2D eigenvalue weighted by Crippen LogP contribution is 2.19. The molecular weight excluding hydrogens is 222 g/mol. The molecule has 90 valence electrons. The van der Waals surface area contributed by atoms with Crippen LogP contribution in [-0.4, -0.2) is 16.0 Å². The lowest BCUT2D eigenvalue weighted by molar-refractivity contribution is 0.437. The minimum Gasteiger partial charge on any atom is -0.367 e. The first kappa shape index (κ1) is 13.2. The van der Waals surface area contributed by atoms with Crippen LogP contribution in [0.5, 0.6) is 0 Å². The fraction of sp³-hybridized carbons (Fsp3) is 0.667. The highest BCUT2D eigenvalue weighted by Gasteiger charge is 2.14. The predicted octanol–water partition coefficient (Wildman–Crippen LogP) is 3.68. The number of halogens is 1. The molecule has 0 saturated carbocycles. The van der Waals surface area contributed by atoms with Gasteiger partial charge in [-0.25, -0.2) is 9.97 Å². The number of hydrogen-bond acceptors (Lipinski definition) is 3. The molecule has 0 aliphatic carbocycles. The molecule has 1 atom stereocenters. The van der Waals surface area contributed by atoms with E-state index < -0.39 is 0 Å². The Labute approximate surface area is 103 Å². The van der Waals surface area contributed by atoms with Crippen molar-refractivity contribution in [2.75, 3.05) is 5.32 Å². The van der Waals surface area contributed by atoms with Gasteiger partial charge in [-0.05, 0) is 31.4 Å². The molecule has 0 fully saturated rings. The van der Waals surface area contributed by atoms with Crippen LogP contribution in [0.2, 0.25) is 5.28 Å². The molecule has 0 aliphatic rings. The van der Waals surface area contributed by atoms with Crippen molar-refractivity contribution in [3.05, 3.63) is 17.0 Å². The van der Waals surface area contributed by atoms with Crippen molar-refractivity contribution in [3.63, 3.8) is 0 Å². The summed E-state index contributed by atoms with van der Waals surface area (Å²) in [4.78, 5) is 8.15. The minimum atomic E-state index is 0.296. The van der Waals surface area contributed by atoms with Crippen LogP contribution >= 0.6 is 11.6 Å². The number of hydrogen-bond donors (Lipinski definition) is 1. The summed E-state index contributed by atoms with van der Waals surface area (Å²) < 4.78 is 0. The second-order valence-electron chi connectivity index (χ2n) is 4.18. The molecule has 0 aliphatic heterocycles. The van der Waals surface area contributed by atoms with Crippen molar-refractivity contribution < 1.29 is 0 Å². The Balaban J connectivity index is 2.75. The highest BCUT2D eigenvalue weighted by molar-refractivity contribution is 6.28. The first-order valence-corrected chi connectivity index (χ1v) is 6.21. The van der Waals surface area contributed by atoms with Gasteiger partial charge in [0.25, 0.3) is 0 Å². The summed E-state index contributed by atoms with van der Waals surface area (Å²) in [5.74, 6) is 1.51. The first-order valence-electron chi connectivity index (χ1n) is 5.84. The molecule has 1 aromatic heterocycles. The number of nitrogens with zero attached hydrogens (tertiary/aromatic N) is 2. The molecule has 1 heterocycles. The van der Waals surface area contributed by atoms with Crippen LogP contribution in [0.3, 0.4) is 0 Å². The van der Waals surface area contributed by atoms with Crippen LogP contribution in [0.25, 0.3) is 0 Å². The molecule has 0 amide bonds. The second-order valence-corrected chi connectivity index (χ2v) is 4.52. The number of aryl methyl sites for hydroxylation is 1. The van der Waals surface area contributed by atoms with Gasteiger partial charge in [-0.3, -0.25) is 0 Å². The van der Waals surface area contributed by atoms with Crippen LogP contribution < -0.4 is 5.32 Å². The van der Waals surface area contributed by atoms with E-state index in [0.29, 0.717) is 17.2 Å². The van der Waals surface area contributed by atoms with Crippen molar-refractivity contribution in [1.82, 2.24) is 9.97 Å². The second kappa shape index (κ2) is 6.04. The van der Waals surface area contributed by atoms with Gasteiger partial charge in [0.1, 0.15) is 5.82 Å². The SMILES string of the molecule is CCC(CC)C(C)Nc1nc(Cl)ncc1C. The van der Waals surface area contributed by atoms with Gasteiger partial charge in [-0.1, -0.05) is 26.7 Å². The molecule has 0 saturated heterocycles. The monoisotopic (exact) mass is 241 g/mol. The van der Waals surface area contributed by atoms with Crippen LogP contribution in [0.15, 0.2) is 6.20 Å². The standard InChI is InChI=1S/C12H20ClN3/c1-5-10(6-2)9(4)15-11-8(3)7-14-12(13)16-11/h7,9-10H,5-6H2,1-4H3,(H,14,15,16). The quantitative estimate of drug-likeness (QED) is 0.800. The summed E-state index contributed by atoms with van der Waals surface area (Å²) in [6.45, 7) is 8.60. The summed E-state index contributed by atoms with van der Waals surface area (Å²) in [5, 5.41) is 3.71. The van der Waals surface area contributed by atoms with Gasteiger partial charge in [0.05, 0.1) is 0 Å². The predicted molar refractivity (Wildman–Crippen MR) is 68.9 cm³/mol. The fourth-order valence-corrected chi connectivity index (χ4v) is 2.03. The summed E-state index contributed by atoms with van der Waals surface area (Å²) in [5.41, 5.74) is 1.03. The highest BCUT2D eigenvalue weighted by atomic mass is 35.5. The third kappa shape index (κ3) is 3.34. The van der Waals surface area contributed by atoms with Gasteiger partial charge < -0.3 is 5.32 Å². The van der Waals surface area contributed by atoms with E-state index in [1.54, 1.807) is 6.20 Å². The van der Waals surface area contributed by atoms with Crippen LogP contribution in [0.1, 0.15) is 39.2 Å². The van der Waals surface area contributed by atoms with E-state index in [1.807, 2.05) is 6.92 Å². The summed E-state index contributed by atoms with van der Waals surface area (Å²) >= 11 is 5.79. The van der Waals surface area contributed by atoms with Gasteiger partial charge in [0, 0.05) is 17.8 Å². The van der Waals surface area contributed by atoms with Gasteiger partial charge in [-0.2, -0.15) is 0 Å². The molecule has 0 aromatic carbocycles. The Morgan fingerprint density at radius 1 is 1.38 bits per heavy atom. The fourth-order valence-electron chi connectivity index (χ4n) is 1.90. The van der Waals surface area contributed by atoms with E-state index >= 15 is 0 Å². The molecule has 0 bridgehead atoms. The third-order valence-electron chi connectivity index (χ3n) is 3.06. The lowest BCUT2D eigenvalue weighted by atomic mass is 9.95. The normalized spacial score (nSPS) is 12.9. The average molecular weight is 242 g/mol. The summed E-state index contributed by atoms with van der Waals surface area (Å²) in [7, 11) is 0. The van der Waals surface area contributed by atoms with Crippen molar-refractivity contribution in [1.29, 1.82) is 0 Å². The van der Waals surface area contributed by atoms with E-state index in [0.717, 1.165) is 11.4 Å². The van der Waals surface area contributed by atoms with Gasteiger partial charge in [0.15, 0.2) is 0 Å². The molecule has 1 rings (SSSR count). The summed E-state index contributed by atoms with van der Waals surface area (Å²) in [6, 6.07) is 0.402. The molecule has 4 heteroatoms. The topological polar surface area (TPSA) is 37.8 Å². The molecule has 1 unspecified atom stereocenters. The molecule has 1 N–H and O–H groups in total. The largest absolute Gasteiger partial charge is 0.367 e. The number of nitrogens with one attached hydrogen (secondary N) is 1. The van der Waals surface area contributed by atoms with Crippen LogP contribution in [0, 0.1) is 12.8 Å². The Bertz CT molecular complexity index is 337. The van der Waals surface area contributed by atoms with Crippen LogP contribution in [0.4, 0.5) is 5.82 Å². The van der Waals surface area contributed by atoms with Gasteiger partial charge in [-0.15, -0.1) is 0 Å². The van der Waals surface area contributed by atoms with Crippen molar-refractivity contribution in [3.8, 4) is 0 Å². The van der Waals surface area contributed by atoms with Crippen molar-refractivity contribution >= 4 is 17.4 Å². The van der Waals surface area contributed by atoms with E-state index in [-0.39, 0.29) is 0 Å². The molecule has 0 spiro atoms. The smallest absolute Gasteiger partial charge is 0.224 e. The Kier molecular flexibility index (Phi) is 5.00. The lowest BCUT2D eigenvalue weighted by Gasteiger charge is -2.23. The maximum atomic E-state index is 5.79. The Hall–Kier alpha value is -0.830. The zero-order chi connectivity index (χ0) is 12.1.